The number of rotatable bonds is 1. The van der Waals surface area contributed by atoms with Crippen molar-refractivity contribution in [3.8, 4) is 5.75 Å². The molecule has 1 aromatic heterocycles. The summed E-state index contributed by atoms with van der Waals surface area (Å²) in [5.41, 5.74) is 0.180. The second-order valence-electron chi connectivity index (χ2n) is 3.54. The number of hydrogen-bond donors (Lipinski definition) is 1. The summed E-state index contributed by atoms with van der Waals surface area (Å²) in [6, 6.07) is 5.26. The first-order valence-electron chi connectivity index (χ1n) is 4.75. The van der Waals surface area contributed by atoms with Crippen LogP contribution in [0.4, 0.5) is 13.2 Å². The highest BCUT2D eigenvalue weighted by molar-refractivity contribution is 5.84. The number of para-hydroxylation sites is 1. The molecule has 0 fully saturated rings. The van der Waals surface area contributed by atoms with Gasteiger partial charge < -0.3 is 9.72 Å². The summed E-state index contributed by atoms with van der Waals surface area (Å²) >= 11 is 0. The van der Waals surface area contributed by atoms with Crippen LogP contribution >= 0.6 is 0 Å². The molecule has 0 unspecified atom stereocenters. The normalized spacial score (nSPS) is 11.8. The summed E-state index contributed by atoms with van der Waals surface area (Å²) in [5.74, 6) is -0.407. The van der Waals surface area contributed by atoms with Crippen molar-refractivity contribution in [3.05, 3.63) is 40.2 Å². The second kappa shape index (κ2) is 3.80. The van der Waals surface area contributed by atoms with Gasteiger partial charge >= 0.3 is 6.36 Å². The zero-order valence-electron chi connectivity index (χ0n) is 8.76. The molecule has 2 aromatic rings. The number of aromatic nitrogens is 1. The van der Waals surface area contributed by atoms with Gasteiger partial charge in [0.15, 0.2) is 11.2 Å². The van der Waals surface area contributed by atoms with Crippen LogP contribution in [0.25, 0.3) is 10.9 Å². The van der Waals surface area contributed by atoms with Gasteiger partial charge in [0.05, 0.1) is 5.52 Å². The Morgan fingerprint density at radius 1 is 1.29 bits per heavy atom. The number of pyridine rings is 1. The lowest BCUT2D eigenvalue weighted by molar-refractivity contribution is -0.274. The molecule has 0 radical (unpaired) electrons. The maximum Gasteiger partial charge on any atom is 0.573 e. The van der Waals surface area contributed by atoms with E-state index in [-0.39, 0.29) is 16.3 Å². The first-order valence-corrected chi connectivity index (χ1v) is 4.75. The van der Waals surface area contributed by atoms with Crippen LogP contribution in [-0.4, -0.2) is 11.3 Å². The van der Waals surface area contributed by atoms with Gasteiger partial charge in [-0.15, -0.1) is 13.2 Å². The van der Waals surface area contributed by atoms with Crippen LogP contribution < -0.4 is 10.2 Å². The predicted octanol–water partition coefficient (Wildman–Crippen LogP) is 2.74. The van der Waals surface area contributed by atoms with Crippen LogP contribution in [0.2, 0.25) is 0 Å². The van der Waals surface area contributed by atoms with E-state index in [1.165, 1.54) is 18.2 Å². The van der Waals surface area contributed by atoms with E-state index in [0.29, 0.717) is 5.69 Å². The van der Waals surface area contributed by atoms with E-state index in [2.05, 4.69) is 9.72 Å². The van der Waals surface area contributed by atoms with Gasteiger partial charge in [-0.2, -0.15) is 0 Å². The van der Waals surface area contributed by atoms with Crippen molar-refractivity contribution in [3.63, 3.8) is 0 Å². The molecule has 6 heteroatoms. The van der Waals surface area contributed by atoms with E-state index < -0.39 is 12.1 Å². The highest BCUT2D eigenvalue weighted by Crippen LogP contribution is 2.27. The third-order valence-electron chi connectivity index (χ3n) is 2.19. The zero-order chi connectivity index (χ0) is 12.6. The minimum atomic E-state index is -4.78. The van der Waals surface area contributed by atoms with Crippen molar-refractivity contribution < 1.29 is 17.9 Å². The van der Waals surface area contributed by atoms with Gasteiger partial charge in [0, 0.05) is 17.1 Å². The number of nitrogens with one attached hydrogen (secondary N) is 1. The molecule has 0 saturated carbocycles. The average molecular weight is 243 g/mol. The van der Waals surface area contributed by atoms with Gasteiger partial charge in [-0.25, -0.2) is 0 Å². The van der Waals surface area contributed by atoms with Crippen molar-refractivity contribution in [1.82, 2.24) is 4.98 Å². The number of alkyl halides is 3. The summed E-state index contributed by atoms with van der Waals surface area (Å²) in [5, 5.41) is 0.164. The molecule has 1 heterocycles. The van der Waals surface area contributed by atoms with Gasteiger partial charge in [-0.05, 0) is 19.1 Å². The maximum absolute atomic E-state index is 12.2. The van der Waals surface area contributed by atoms with E-state index in [9.17, 15) is 18.0 Å². The van der Waals surface area contributed by atoms with E-state index in [0.717, 1.165) is 6.07 Å². The SMILES string of the molecule is Cc1cc(=O)c2cccc(OC(F)(F)F)c2[nH]1. The lowest BCUT2D eigenvalue weighted by Gasteiger charge is -2.11. The average Bonchev–Trinajstić information content (AvgIpc) is 2.17. The van der Waals surface area contributed by atoms with Crippen LogP contribution in [0.1, 0.15) is 5.69 Å². The zero-order valence-corrected chi connectivity index (χ0v) is 8.76. The van der Waals surface area contributed by atoms with Crippen LogP contribution in [0.5, 0.6) is 5.75 Å². The van der Waals surface area contributed by atoms with Crippen LogP contribution in [0.15, 0.2) is 29.1 Å². The number of ether oxygens (including phenoxy) is 1. The van der Waals surface area contributed by atoms with Crippen molar-refractivity contribution in [2.45, 2.75) is 13.3 Å². The van der Waals surface area contributed by atoms with Crippen molar-refractivity contribution in [2.75, 3.05) is 0 Å². The Labute approximate surface area is 93.8 Å². The number of aryl methyl sites for hydroxylation is 1. The fourth-order valence-electron chi connectivity index (χ4n) is 1.58. The Hall–Kier alpha value is -1.98. The third kappa shape index (κ3) is 2.41. The molecule has 0 spiro atoms. The Balaban J connectivity index is 2.69. The van der Waals surface area contributed by atoms with E-state index in [1.54, 1.807) is 6.92 Å². The smallest absolute Gasteiger partial charge is 0.404 e. The molecule has 0 saturated heterocycles. The van der Waals surface area contributed by atoms with Gasteiger partial charge in [0.2, 0.25) is 0 Å². The number of hydrogen-bond acceptors (Lipinski definition) is 2. The molecule has 2 rings (SSSR count). The molecule has 1 aromatic carbocycles. The molecule has 0 bridgehead atoms. The van der Waals surface area contributed by atoms with E-state index in [4.69, 9.17) is 0 Å². The van der Waals surface area contributed by atoms with Gasteiger partial charge in [0.25, 0.3) is 0 Å². The molecule has 0 aliphatic heterocycles. The number of halogens is 3. The van der Waals surface area contributed by atoms with E-state index in [1.807, 2.05) is 0 Å². The van der Waals surface area contributed by atoms with Crippen LogP contribution in [0, 0.1) is 6.92 Å². The number of H-pyrrole nitrogens is 1. The minimum Gasteiger partial charge on any atom is -0.404 e. The van der Waals surface area contributed by atoms with Crippen molar-refractivity contribution >= 4 is 10.9 Å². The first kappa shape index (κ1) is 11.5. The predicted molar refractivity (Wildman–Crippen MR) is 56.0 cm³/mol. The summed E-state index contributed by atoms with van der Waals surface area (Å²) in [6.45, 7) is 1.59. The fourth-order valence-corrected chi connectivity index (χ4v) is 1.58. The van der Waals surface area contributed by atoms with E-state index >= 15 is 0 Å². The quantitative estimate of drug-likeness (QED) is 0.836. The molecule has 90 valence electrons. The number of fused-ring (bicyclic) bond motifs is 1. The van der Waals surface area contributed by atoms with Crippen LogP contribution in [-0.2, 0) is 0 Å². The third-order valence-corrected chi connectivity index (χ3v) is 2.19. The Bertz CT molecular complexity index is 616. The lowest BCUT2D eigenvalue weighted by Crippen LogP contribution is -2.18. The molecule has 0 atom stereocenters. The van der Waals surface area contributed by atoms with Crippen molar-refractivity contribution in [2.24, 2.45) is 0 Å². The van der Waals surface area contributed by atoms with Crippen molar-refractivity contribution in [1.29, 1.82) is 0 Å². The Kier molecular flexibility index (Phi) is 2.57. The number of benzene rings is 1. The highest BCUT2D eigenvalue weighted by Gasteiger charge is 2.32. The van der Waals surface area contributed by atoms with Gasteiger partial charge in [-0.1, -0.05) is 6.07 Å². The summed E-state index contributed by atoms with van der Waals surface area (Å²) in [6.07, 6.45) is -4.78. The minimum absolute atomic E-state index is 0.0508. The number of aromatic amines is 1. The standard InChI is InChI=1S/C11H8F3NO2/c1-6-5-8(16)7-3-2-4-9(10(7)15-6)17-11(12,13)14/h2-5H,1H3,(H,15,16). The van der Waals surface area contributed by atoms with Crippen LogP contribution in [0.3, 0.4) is 0 Å². The maximum atomic E-state index is 12.2. The molecule has 1 N–H and O–H groups in total. The lowest BCUT2D eigenvalue weighted by atomic mass is 10.2. The molecule has 0 aliphatic rings. The fraction of sp³-hybridized carbons (Fsp3) is 0.182. The second-order valence-corrected chi connectivity index (χ2v) is 3.54. The molecule has 3 nitrogen and oxygen atoms in total. The molecule has 17 heavy (non-hydrogen) atoms. The summed E-state index contributed by atoms with van der Waals surface area (Å²) in [4.78, 5) is 14.3. The topological polar surface area (TPSA) is 42.1 Å². The molecule has 0 amide bonds. The first-order chi connectivity index (χ1) is 7.87. The molecular weight excluding hydrogens is 235 g/mol. The summed E-state index contributed by atoms with van der Waals surface area (Å²) < 4.78 is 40.3. The largest absolute Gasteiger partial charge is 0.573 e. The molecule has 0 aliphatic carbocycles. The Morgan fingerprint density at radius 2 is 2.00 bits per heavy atom. The van der Waals surface area contributed by atoms with Gasteiger partial charge in [-0.3, -0.25) is 4.79 Å². The molecular formula is C11H8F3NO2. The Morgan fingerprint density at radius 3 is 2.65 bits per heavy atom. The monoisotopic (exact) mass is 243 g/mol. The highest BCUT2D eigenvalue weighted by atomic mass is 19.4. The summed E-state index contributed by atoms with van der Waals surface area (Å²) in [7, 11) is 0. The van der Waals surface area contributed by atoms with Gasteiger partial charge in [0.1, 0.15) is 0 Å².